The third-order valence-electron chi connectivity index (χ3n) is 7.12. The molecule has 0 spiro atoms. The summed E-state index contributed by atoms with van der Waals surface area (Å²) in [4.78, 5) is 47.5. The molecule has 13 heteroatoms. The number of phenolic OH excluding ortho intramolecular Hbond substituents is 1. The summed E-state index contributed by atoms with van der Waals surface area (Å²) in [5.74, 6) is 1.80. The quantitative estimate of drug-likeness (QED) is 0.249. The number of pyridine rings is 2. The van der Waals surface area contributed by atoms with Gasteiger partial charge < -0.3 is 19.4 Å². The van der Waals surface area contributed by atoms with Crippen LogP contribution in [-0.2, 0) is 19.7 Å². The van der Waals surface area contributed by atoms with Crippen LogP contribution in [0.15, 0.2) is 112 Å². The number of aromatic nitrogens is 8. The largest absolute Gasteiger partial charge is 0.508 e. The maximum absolute atomic E-state index is 13.7. The van der Waals surface area contributed by atoms with Gasteiger partial charge in [-0.05, 0) is 83.9 Å². The van der Waals surface area contributed by atoms with Crippen molar-refractivity contribution in [2.45, 2.75) is 19.7 Å². The highest BCUT2D eigenvalue weighted by Gasteiger charge is 2.19. The van der Waals surface area contributed by atoms with E-state index in [1.807, 2.05) is 12.1 Å². The Kier molecular flexibility index (Phi) is 7.15. The van der Waals surface area contributed by atoms with Crippen molar-refractivity contribution in [3.05, 3.63) is 135 Å². The summed E-state index contributed by atoms with van der Waals surface area (Å²) in [6, 6.07) is 20.7. The van der Waals surface area contributed by atoms with Gasteiger partial charge in [-0.1, -0.05) is 5.16 Å². The van der Waals surface area contributed by atoms with Crippen LogP contribution in [-0.4, -0.2) is 44.3 Å². The van der Waals surface area contributed by atoms with E-state index in [4.69, 9.17) is 9.26 Å². The van der Waals surface area contributed by atoms with Crippen LogP contribution in [0.1, 0.15) is 17.0 Å². The average Bonchev–Trinajstić information content (AvgIpc) is 3.74. The molecule has 2 aromatic carbocycles. The first-order chi connectivity index (χ1) is 22.0. The van der Waals surface area contributed by atoms with Crippen molar-refractivity contribution in [2.75, 3.05) is 0 Å². The Labute approximate surface area is 254 Å². The number of H-pyrrole nitrogens is 1. The fourth-order valence-electron chi connectivity index (χ4n) is 4.82. The number of rotatable bonds is 9. The van der Waals surface area contributed by atoms with Crippen LogP contribution in [0.2, 0.25) is 0 Å². The highest BCUT2D eigenvalue weighted by atomic mass is 16.5. The molecule has 5 aromatic heterocycles. The molecule has 2 N–H and O–H groups in total. The molecule has 0 saturated heterocycles. The maximum atomic E-state index is 13.7. The monoisotopic (exact) mass is 600 g/mol. The maximum Gasteiger partial charge on any atom is 0.333 e. The second-order valence-corrected chi connectivity index (χ2v) is 10.1. The van der Waals surface area contributed by atoms with Crippen LogP contribution < -0.4 is 16.0 Å². The van der Waals surface area contributed by atoms with E-state index >= 15 is 0 Å². The van der Waals surface area contributed by atoms with E-state index in [-0.39, 0.29) is 36.6 Å². The topological polar surface area (TPSA) is 167 Å². The van der Waals surface area contributed by atoms with Gasteiger partial charge in [0.25, 0.3) is 11.4 Å². The molecule has 0 aliphatic carbocycles. The Balaban J connectivity index is 1.16. The molecule has 0 bridgehead atoms. The van der Waals surface area contributed by atoms with Crippen LogP contribution in [0.3, 0.4) is 0 Å². The van der Waals surface area contributed by atoms with Gasteiger partial charge in [0.15, 0.2) is 12.3 Å². The molecule has 0 fully saturated rings. The number of benzene rings is 2. The highest BCUT2D eigenvalue weighted by molar-refractivity contribution is 5.75. The van der Waals surface area contributed by atoms with E-state index < -0.39 is 11.2 Å². The van der Waals surface area contributed by atoms with Crippen LogP contribution in [0.5, 0.6) is 11.5 Å². The molecule has 0 aliphatic rings. The van der Waals surface area contributed by atoms with Gasteiger partial charge in [-0.3, -0.25) is 23.9 Å². The number of aromatic hydroxyl groups is 1. The molecule has 7 rings (SSSR count). The van der Waals surface area contributed by atoms with Crippen molar-refractivity contribution < 1.29 is 14.4 Å². The number of nitrogens with zero attached hydrogens (tertiary/aromatic N) is 7. The Morgan fingerprint density at radius 1 is 0.756 bits per heavy atom. The summed E-state index contributed by atoms with van der Waals surface area (Å²) >= 11 is 0. The number of imidazole rings is 1. The number of hydrogen-bond donors (Lipinski definition) is 2. The van der Waals surface area contributed by atoms with Crippen molar-refractivity contribution in [1.29, 1.82) is 0 Å². The SMILES string of the molecule is O=c1c2[nH]c(-c3ccc(OCc4noc(-c5ccc(O)cc5)n4)cc3)nc2n(Cc2ccncc2)c(=O)n1Cc1ccncc1. The molecule has 0 saturated carbocycles. The van der Waals surface area contributed by atoms with Crippen molar-refractivity contribution in [1.82, 2.24) is 39.2 Å². The van der Waals surface area contributed by atoms with Crippen LogP contribution in [0, 0.1) is 0 Å². The van der Waals surface area contributed by atoms with Gasteiger partial charge in [0, 0.05) is 35.9 Å². The van der Waals surface area contributed by atoms with Gasteiger partial charge in [0.05, 0.1) is 13.1 Å². The predicted molar refractivity (Wildman–Crippen MR) is 162 cm³/mol. The number of phenols is 1. The molecule has 0 radical (unpaired) electrons. The number of hydrogen-bond acceptors (Lipinski definition) is 10. The van der Waals surface area contributed by atoms with E-state index in [1.54, 1.807) is 73.3 Å². The molecule has 222 valence electrons. The van der Waals surface area contributed by atoms with Gasteiger partial charge in [0.1, 0.15) is 22.8 Å². The second kappa shape index (κ2) is 11.7. The van der Waals surface area contributed by atoms with Crippen LogP contribution in [0.25, 0.3) is 34.0 Å². The highest BCUT2D eigenvalue weighted by Crippen LogP contribution is 2.24. The predicted octanol–water partition coefficient (Wildman–Crippen LogP) is 3.77. The summed E-state index contributed by atoms with van der Waals surface area (Å²) in [7, 11) is 0. The summed E-state index contributed by atoms with van der Waals surface area (Å²) in [6.07, 6.45) is 6.54. The lowest BCUT2D eigenvalue weighted by Crippen LogP contribution is -2.40. The molecule has 0 amide bonds. The van der Waals surface area contributed by atoms with Crippen LogP contribution >= 0.6 is 0 Å². The lowest BCUT2D eigenvalue weighted by atomic mass is 10.2. The van der Waals surface area contributed by atoms with Crippen molar-refractivity contribution >= 4 is 11.2 Å². The van der Waals surface area contributed by atoms with E-state index in [1.165, 1.54) is 21.3 Å². The first-order valence-corrected chi connectivity index (χ1v) is 13.9. The summed E-state index contributed by atoms with van der Waals surface area (Å²) in [5.41, 5.74) is 2.50. The fourth-order valence-corrected chi connectivity index (χ4v) is 4.82. The number of nitrogens with one attached hydrogen (secondary N) is 1. The minimum absolute atomic E-state index is 0.0733. The normalized spacial score (nSPS) is 11.2. The molecule has 0 atom stereocenters. The summed E-state index contributed by atoms with van der Waals surface area (Å²) < 4.78 is 13.8. The van der Waals surface area contributed by atoms with Gasteiger partial charge in [-0.2, -0.15) is 4.98 Å². The third kappa shape index (κ3) is 5.69. The molecule has 0 unspecified atom stereocenters. The Hall–Kier alpha value is -6.37. The number of fused-ring (bicyclic) bond motifs is 1. The first kappa shape index (κ1) is 27.5. The molecular weight excluding hydrogens is 576 g/mol. The second-order valence-electron chi connectivity index (χ2n) is 10.1. The zero-order valence-electron chi connectivity index (χ0n) is 23.6. The van der Waals surface area contributed by atoms with E-state index in [2.05, 4.69) is 30.1 Å². The van der Waals surface area contributed by atoms with E-state index in [0.29, 0.717) is 34.4 Å². The lowest BCUT2D eigenvalue weighted by Gasteiger charge is -2.11. The third-order valence-corrected chi connectivity index (χ3v) is 7.12. The Morgan fingerprint density at radius 3 is 2.04 bits per heavy atom. The number of ether oxygens (including phenoxy) is 1. The first-order valence-electron chi connectivity index (χ1n) is 13.9. The summed E-state index contributed by atoms with van der Waals surface area (Å²) in [5, 5.41) is 13.4. The molecule has 13 nitrogen and oxygen atoms in total. The average molecular weight is 601 g/mol. The molecule has 0 aliphatic heterocycles. The van der Waals surface area contributed by atoms with Gasteiger partial charge in [-0.15, -0.1) is 0 Å². The van der Waals surface area contributed by atoms with Crippen molar-refractivity contribution in [3.63, 3.8) is 0 Å². The zero-order valence-corrected chi connectivity index (χ0v) is 23.6. The van der Waals surface area contributed by atoms with Crippen LogP contribution in [0.4, 0.5) is 0 Å². The van der Waals surface area contributed by atoms with E-state index in [9.17, 15) is 14.7 Å². The molecule has 5 heterocycles. The minimum Gasteiger partial charge on any atom is -0.508 e. The minimum atomic E-state index is -0.474. The smallest absolute Gasteiger partial charge is 0.333 e. The summed E-state index contributed by atoms with van der Waals surface area (Å²) in [6.45, 7) is 0.365. The van der Waals surface area contributed by atoms with Crippen molar-refractivity contribution in [3.8, 4) is 34.3 Å². The van der Waals surface area contributed by atoms with Crippen molar-refractivity contribution in [2.24, 2.45) is 0 Å². The number of aromatic amines is 1. The Bertz CT molecular complexity index is 2210. The molecule has 7 aromatic rings. The van der Waals surface area contributed by atoms with E-state index in [0.717, 1.165) is 11.1 Å². The molecule has 45 heavy (non-hydrogen) atoms. The standard InChI is InChI=1S/C32H24N8O5/c41-24-5-1-23(2-6-24)30-35-26(38-45-30)19-44-25-7-3-22(4-8-25)28-36-27-29(37-28)39(17-20-9-13-33-14-10-20)32(43)40(31(27)42)18-21-11-15-34-16-12-21/h1-16,41H,17-19H2,(H,36,37). The molecular formula is C32H24N8O5. The lowest BCUT2D eigenvalue weighted by molar-refractivity contribution is 0.287. The van der Waals surface area contributed by atoms with Gasteiger partial charge in [0.2, 0.25) is 5.82 Å². The fraction of sp³-hybridized carbons (Fsp3) is 0.0938. The Morgan fingerprint density at radius 2 is 1.38 bits per heavy atom. The van der Waals surface area contributed by atoms with Gasteiger partial charge in [-0.25, -0.2) is 9.78 Å². The van der Waals surface area contributed by atoms with Gasteiger partial charge >= 0.3 is 5.69 Å². The zero-order chi connectivity index (χ0) is 30.8.